The summed E-state index contributed by atoms with van der Waals surface area (Å²) < 4.78 is 0. The van der Waals surface area contributed by atoms with Crippen LogP contribution in [0.5, 0.6) is 0 Å². The number of hydrogen-bond donors (Lipinski definition) is 5. The van der Waals surface area contributed by atoms with Crippen molar-refractivity contribution in [2.75, 3.05) is 6.61 Å². The molecule has 1 spiro atoms. The molecule has 4 aliphatic rings. The second kappa shape index (κ2) is 5.51. The van der Waals surface area contributed by atoms with Crippen molar-refractivity contribution in [3.05, 3.63) is 0 Å². The number of carbonyl (C=O) groups excluding carboxylic acids is 1. The number of carbonyl (C=O) groups is 1. The summed E-state index contributed by atoms with van der Waals surface area (Å²) in [6.07, 6.45) is -2.21. The SMILES string of the molecule is C[C@H]1C(=O)[C@]23[C@H](O)C[C@@H]4C(C)(C)CC[C@@H](O)[C@@]4(CO)[C@@H]2[C@@H](O)C[C@@H]1[C@H]3O. The van der Waals surface area contributed by atoms with Gasteiger partial charge in [-0.3, -0.25) is 4.79 Å². The van der Waals surface area contributed by atoms with Crippen LogP contribution >= 0.6 is 0 Å². The molecule has 2 bridgehead atoms. The van der Waals surface area contributed by atoms with Gasteiger partial charge in [0.1, 0.15) is 5.78 Å². The van der Waals surface area contributed by atoms with Gasteiger partial charge >= 0.3 is 0 Å². The molecule has 0 aromatic heterocycles. The summed E-state index contributed by atoms with van der Waals surface area (Å²) in [6.45, 7) is 5.52. The van der Waals surface area contributed by atoms with Crippen LogP contribution in [0.4, 0.5) is 0 Å². The lowest BCUT2D eigenvalue weighted by atomic mass is 9.38. The molecule has 0 radical (unpaired) electrons. The van der Waals surface area contributed by atoms with Crippen molar-refractivity contribution in [2.45, 2.75) is 70.9 Å². The lowest BCUT2D eigenvalue weighted by molar-refractivity contribution is -0.288. The van der Waals surface area contributed by atoms with Gasteiger partial charge in [0, 0.05) is 17.3 Å². The second-order valence-electron chi connectivity index (χ2n) is 10.1. The van der Waals surface area contributed by atoms with E-state index in [0.717, 1.165) is 6.42 Å². The zero-order valence-corrected chi connectivity index (χ0v) is 15.8. The minimum absolute atomic E-state index is 0.217. The van der Waals surface area contributed by atoms with Crippen LogP contribution in [0.15, 0.2) is 0 Å². The van der Waals surface area contributed by atoms with Crippen molar-refractivity contribution < 1.29 is 30.3 Å². The maximum Gasteiger partial charge on any atom is 0.147 e. The molecule has 4 saturated carbocycles. The molecular formula is C20H32O6. The Morgan fingerprint density at radius 3 is 2.35 bits per heavy atom. The predicted octanol–water partition coefficient (Wildman–Crippen LogP) is 0.0899. The number of ketones is 1. The highest BCUT2D eigenvalue weighted by atomic mass is 16.3. The summed E-state index contributed by atoms with van der Waals surface area (Å²) in [5.41, 5.74) is -2.83. The summed E-state index contributed by atoms with van der Waals surface area (Å²) >= 11 is 0. The summed E-state index contributed by atoms with van der Waals surface area (Å²) in [4.78, 5) is 13.3. The number of rotatable bonds is 1. The third kappa shape index (κ3) is 1.83. The second-order valence-corrected chi connectivity index (χ2v) is 10.1. The molecule has 0 amide bonds. The van der Waals surface area contributed by atoms with Crippen LogP contribution in [0, 0.1) is 39.9 Å². The first-order valence-corrected chi connectivity index (χ1v) is 9.94. The maximum atomic E-state index is 13.3. The van der Waals surface area contributed by atoms with E-state index >= 15 is 0 Å². The zero-order valence-electron chi connectivity index (χ0n) is 15.8. The van der Waals surface area contributed by atoms with E-state index in [9.17, 15) is 30.3 Å². The molecule has 0 aliphatic heterocycles. The van der Waals surface area contributed by atoms with Crippen LogP contribution < -0.4 is 0 Å². The highest BCUT2D eigenvalue weighted by Gasteiger charge is 2.78. The van der Waals surface area contributed by atoms with Crippen molar-refractivity contribution in [2.24, 2.45) is 39.9 Å². The van der Waals surface area contributed by atoms with Gasteiger partial charge in [0.05, 0.1) is 36.4 Å². The van der Waals surface area contributed by atoms with Crippen LogP contribution in [0.25, 0.3) is 0 Å². The highest BCUT2D eigenvalue weighted by molar-refractivity contribution is 5.92. The molecule has 148 valence electrons. The minimum atomic E-state index is -1.49. The molecule has 0 saturated heterocycles. The molecule has 10 atom stereocenters. The Labute approximate surface area is 154 Å². The van der Waals surface area contributed by atoms with Crippen molar-refractivity contribution in [1.82, 2.24) is 0 Å². The summed E-state index contributed by atoms with van der Waals surface area (Å²) in [7, 11) is 0. The third-order valence-electron chi connectivity index (χ3n) is 8.93. The fraction of sp³-hybridized carbons (Fsp3) is 0.950. The van der Waals surface area contributed by atoms with E-state index in [2.05, 4.69) is 13.8 Å². The van der Waals surface area contributed by atoms with E-state index < -0.39 is 47.1 Å². The van der Waals surface area contributed by atoms with E-state index in [0.29, 0.717) is 6.42 Å². The number of fused-ring (bicyclic) bond motifs is 3. The van der Waals surface area contributed by atoms with Crippen molar-refractivity contribution in [3.63, 3.8) is 0 Å². The molecular weight excluding hydrogens is 336 g/mol. The molecule has 6 nitrogen and oxygen atoms in total. The maximum absolute atomic E-state index is 13.3. The Bertz CT molecular complexity index is 619. The van der Waals surface area contributed by atoms with Crippen LogP contribution in [0.3, 0.4) is 0 Å². The highest BCUT2D eigenvalue weighted by Crippen LogP contribution is 2.71. The van der Waals surface area contributed by atoms with Crippen molar-refractivity contribution in [1.29, 1.82) is 0 Å². The molecule has 26 heavy (non-hydrogen) atoms. The van der Waals surface area contributed by atoms with Crippen molar-refractivity contribution >= 4 is 5.78 Å². The molecule has 5 N–H and O–H groups in total. The van der Waals surface area contributed by atoms with Gasteiger partial charge in [0.25, 0.3) is 0 Å². The lowest BCUT2D eigenvalue weighted by Gasteiger charge is -2.67. The monoisotopic (exact) mass is 368 g/mol. The predicted molar refractivity (Wildman–Crippen MR) is 92.9 cm³/mol. The molecule has 0 aromatic carbocycles. The molecule has 4 fully saturated rings. The minimum Gasteiger partial charge on any atom is -0.396 e. The zero-order chi connectivity index (χ0) is 19.2. The summed E-state index contributed by atoms with van der Waals surface area (Å²) in [5.74, 6) is -2.13. The van der Waals surface area contributed by atoms with Gasteiger partial charge in [-0.1, -0.05) is 20.8 Å². The van der Waals surface area contributed by atoms with Crippen LogP contribution in [0.2, 0.25) is 0 Å². The first-order chi connectivity index (χ1) is 12.1. The van der Waals surface area contributed by atoms with Crippen LogP contribution in [-0.4, -0.2) is 62.3 Å². The molecule has 4 rings (SSSR count). The lowest BCUT2D eigenvalue weighted by Crippen LogP contribution is -2.74. The Kier molecular flexibility index (Phi) is 3.99. The van der Waals surface area contributed by atoms with E-state index in [1.165, 1.54) is 0 Å². The normalized spacial score (nSPS) is 58.2. The number of Topliss-reactive ketones (excluding diaryl/α,β-unsaturated/α-hetero) is 1. The van der Waals surface area contributed by atoms with E-state index in [1.54, 1.807) is 6.92 Å². The quantitative estimate of drug-likeness (QED) is 0.448. The van der Waals surface area contributed by atoms with Crippen LogP contribution in [0.1, 0.15) is 46.5 Å². The fourth-order valence-corrected chi connectivity index (χ4v) is 7.74. The van der Waals surface area contributed by atoms with Gasteiger partial charge in [-0.05, 0) is 42.9 Å². The number of aliphatic hydroxyl groups is 5. The number of aliphatic hydroxyl groups excluding tert-OH is 5. The van der Waals surface area contributed by atoms with E-state index in [4.69, 9.17) is 0 Å². The Balaban J connectivity index is 1.97. The Morgan fingerprint density at radius 1 is 1.08 bits per heavy atom. The van der Waals surface area contributed by atoms with Gasteiger partial charge < -0.3 is 25.5 Å². The average molecular weight is 368 g/mol. The fourth-order valence-electron chi connectivity index (χ4n) is 7.74. The van der Waals surface area contributed by atoms with Gasteiger partial charge in [-0.25, -0.2) is 0 Å². The summed E-state index contributed by atoms with van der Waals surface area (Å²) in [5, 5.41) is 54.9. The Hall–Kier alpha value is -0.530. The first-order valence-electron chi connectivity index (χ1n) is 9.94. The van der Waals surface area contributed by atoms with Gasteiger partial charge in [0.15, 0.2) is 0 Å². The topological polar surface area (TPSA) is 118 Å². The van der Waals surface area contributed by atoms with Crippen molar-refractivity contribution in [3.8, 4) is 0 Å². The number of hydrogen-bond acceptors (Lipinski definition) is 6. The van der Waals surface area contributed by atoms with Crippen LogP contribution in [-0.2, 0) is 4.79 Å². The Morgan fingerprint density at radius 2 is 1.73 bits per heavy atom. The smallest absolute Gasteiger partial charge is 0.147 e. The molecule has 6 heteroatoms. The molecule has 0 aromatic rings. The van der Waals surface area contributed by atoms with Gasteiger partial charge in [-0.15, -0.1) is 0 Å². The first kappa shape index (κ1) is 18.8. The third-order valence-corrected chi connectivity index (χ3v) is 8.93. The van der Waals surface area contributed by atoms with Gasteiger partial charge in [-0.2, -0.15) is 0 Å². The largest absolute Gasteiger partial charge is 0.396 e. The molecule has 0 heterocycles. The van der Waals surface area contributed by atoms with E-state index in [-0.39, 0.29) is 42.5 Å². The van der Waals surface area contributed by atoms with Gasteiger partial charge in [0.2, 0.25) is 0 Å². The summed E-state index contributed by atoms with van der Waals surface area (Å²) in [6, 6.07) is 0. The van der Waals surface area contributed by atoms with E-state index in [1.807, 2.05) is 0 Å². The molecule has 0 unspecified atom stereocenters. The standard InChI is InChI=1S/C20H32O6/c1-9-10-6-11(22)15-19(8-21)12(18(2,3)5-4-13(19)23)7-14(24)20(15,16(9)25)17(10)26/h9-15,17,21-24,26H,4-8H2,1-3H3/t9-,10+,11+,12-,13-,14-,15+,17-,19+,20+/m1/s1. The average Bonchev–Trinajstić information content (AvgIpc) is 2.70. The molecule has 4 aliphatic carbocycles.